The van der Waals surface area contributed by atoms with Gasteiger partial charge in [0.25, 0.3) is 0 Å². The van der Waals surface area contributed by atoms with Crippen LogP contribution in [0, 0.1) is 12.8 Å². The van der Waals surface area contributed by atoms with E-state index in [0.29, 0.717) is 11.0 Å². The highest BCUT2D eigenvalue weighted by atomic mass is 32.2. The number of aromatic amines is 1. The minimum atomic E-state index is -0.783. The van der Waals surface area contributed by atoms with Crippen molar-refractivity contribution in [1.29, 1.82) is 0 Å². The van der Waals surface area contributed by atoms with Crippen molar-refractivity contribution in [2.24, 2.45) is 5.92 Å². The fourth-order valence-electron chi connectivity index (χ4n) is 1.49. The molecule has 1 unspecified atom stereocenters. The summed E-state index contributed by atoms with van der Waals surface area (Å²) in [5, 5.41) is 16.4. The van der Waals surface area contributed by atoms with Crippen molar-refractivity contribution < 1.29 is 9.90 Å². The topological polar surface area (TPSA) is 78.9 Å². The maximum absolute atomic E-state index is 11.2. The summed E-state index contributed by atoms with van der Waals surface area (Å²) in [4.78, 5) is 15.3. The molecule has 1 atom stereocenters. The molecule has 0 radical (unpaired) electrons. The number of hydrogen-bond acceptors (Lipinski definition) is 4. The van der Waals surface area contributed by atoms with Gasteiger partial charge in [0.05, 0.1) is 0 Å². The summed E-state index contributed by atoms with van der Waals surface area (Å²) >= 11 is 1.24. The summed E-state index contributed by atoms with van der Waals surface area (Å²) in [6.07, 6.45) is 1.97. The zero-order valence-electron chi connectivity index (χ0n) is 8.65. The van der Waals surface area contributed by atoms with Gasteiger partial charge in [-0.15, -0.1) is 5.10 Å². The van der Waals surface area contributed by atoms with Gasteiger partial charge in [0, 0.05) is 0 Å². The number of carboxylic acids is 1. The third kappa shape index (κ3) is 1.99. The fourth-order valence-corrected chi connectivity index (χ4v) is 2.64. The third-order valence-electron chi connectivity index (χ3n) is 2.66. The van der Waals surface area contributed by atoms with Crippen LogP contribution in [0.4, 0.5) is 0 Å². The highest BCUT2D eigenvalue weighted by Gasteiger charge is 2.49. The average Bonchev–Trinajstić information content (AvgIpc) is 2.92. The largest absolute Gasteiger partial charge is 0.480 e. The number of carbonyl (C=O) groups is 1. The summed E-state index contributed by atoms with van der Waals surface area (Å²) in [6, 6.07) is 0. The van der Waals surface area contributed by atoms with Crippen molar-refractivity contribution in [1.82, 2.24) is 15.2 Å². The van der Waals surface area contributed by atoms with Crippen molar-refractivity contribution >= 4 is 17.7 Å². The molecule has 0 aliphatic heterocycles. The maximum atomic E-state index is 11.2. The normalized spacial score (nSPS) is 19.9. The lowest BCUT2D eigenvalue weighted by Crippen LogP contribution is -2.33. The molecule has 1 aromatic rings. The number of rotatable bonds is 4. The van der Waals surface area contributed by atoms with Gasteiger partial charge >= 0.3 is 5.97 Å². The molecule has 1 saturated carbocycles. The van der Waals surface area contributed by atoms with E-state index in [1.54, 1.807) is 13.8 Å². The molecule has 1 fully saturated rings. The highest BCUT2D eigenvalue weighted by molar-refractivity contribution is 8.01. The number of nitrogens with one attached hydrogen (secondary N) is 1. The predicted octanol–water partition coefficient (Wildman–Crippen LogP) is 1.46. The Morgan fingerprint density at radius 1 is 1.67 bits per heavy atom. The van der Waals surface area contributed by atoms with Gasteiger partial charge in [-0.05, 0) is 32.6 Å². The van der Waals surface area contributed by atoms with Crippen LogP contribution in [-0.4, -0.2) is 31.0 Å². The summed E-state index contributed by atoms with van der Waals surface area (Å²) < 4.78 is -0.783. The Labute approximate surface area is 91.7 Å². The van der Waals surface area contributed by atoms with Crippen molar-refractivity contribution in [2.45, 2.75) is 36.6 Å². The Hall–Kier alpha value is -1.04. The van der Waals surface area contributed by atoms with Crippen molar-refractivity contribution in [3.05, 3.63) is 5.82 Å². The molecule has 1 aromatic heterocycles. The average molecular weight is 227 g/mol. The first-order valence-electron chi connectivity index (χ1n) is 4.84. The van der Waals surface area contributed by atoms with Crippen LogP contribution in [0.3, 0.4) is 0 Å². The molecule has 0 amide bonds. The standard InChI is InChI=1S/C9H13N3O2S/c1-5-10-8(12-11-5)15-9(2,7(13)14)6-3-4-6/h6H,3-4H2,1-2H3,(H,13,14)(H,10,11,12). The lowest BCUT2D eigenvalue weighted by Gasteiger charge is -2.21. The number of carboxylic acid groups (broad SMARTS) is 1. The Kier molecular flexibility index (Phi) is 2.46. The van der Waals surface area contributed by atoms with Crippen LogP contribution in [0.1, 0.15) is 25.6 Å². The van der Waals surface area contributed by atoms with Gasteiger partial charge in [0.15, 0.2) is 0 Å². The third-order valence-corrected chi connectivity index (χ3v) is 3.96. The van der Waals surface area contributed by atoms with Crippen LogP contribution in [-0.2, 0) is 4.79 Å². The maximum Gasteiger partial charge on any atom is 0.320 e. The molecule has 0 aromatic carbocycles. The van der Waals surface area contributed by atoms with E-state index < -0.39 is 10.7 Å². The minimum Gasteiger partial charge on any atom is -0.480 e. The van der Waals surface area contributed by atoms with Gasteiger partial charge < -0.3 is 5.11 Å². The molecule has 15 heavy (non-hydrogen) atoms. The second-order valence-electron chi connectivity index (χ2n) is 3.99. The van der Waals surface area contributed by atoms with Crippen LogP contribution in [0.15, 0.2) is 5.16 Å². The molecule has 0 bridgehead atoms. The predicted molar refractivity (Wildman–Crippen MR) is 55.7 cm³/mol. The SMILES string of the molecule is Cc1nc(SC(C)(C(=O)O)C2CC2)n[nH]1. The number of hydrogen-bond donors (Lipinski definition) is 2. The van der Waals surface area contributed by atoms with E-state index in [1.807, 2.05) is 0 Å². The Morgan fingerprint density at radius 3 is 2.73 bits per heavy atom. The second-order valence-corrected chi connectivity index (χ2v) is 5.41. The zero-order valence-corrected chi connectivity index (χ0v) is 9.47. The summed E-state index contributed by atoms with van der Waals surface area (Å²) in [5.41, 5.74) is 0. The molecule has 5 nitrogen and oxygen atoms in total. The minimum absolute atomic E-state index is 0.249. The number of aromatic nitrogens is 3. The van der Waals surface area contributed by atoms with Gasteiger partial charge in [-0.1, -0.05) is 11.8 Å². The molecular formula is C9H13N3O2S. The molecule has 1 aliphatic rings. The van der Waals surface area contributed by atoms with E-state index in [4.69, 9.17) is 0 Å². The molecule has 2 N–H and O–H groups in total. The number of aryl methyl sites for hydroxylation is 1. The molecule has 1 aliphatic carbocycles. The van der Waals surface area contributed by atoms with E-state index in [9.17, 15) is 9.90 Å². The lowest BCUT2D eigenvalue weighted by atomic mass is 10.1. The van der Waals surface area contributed by atoms with Crippen LogP contribution in [0.2, 0.25) is 0 Å². The number of thioether (sulfide) groups is 1. The molecule has 1 heterocycles. The lowest BCUT2D eigenvalue weighted by molar-refractivity contribution is -0.140. The van der Waals surface area contributed by atoms with Crippen LogP contribution < -0.4 is 0 Å². The molecule has 0 saturated heterocycles. The smallest absolute Gasteiger partial charge is 0.320 e. The van der Waals surface area contributed by atoms with E-state index in [0.717, 1.165) is 12.8 Å². The first kappa shape index (κ1) is 10.5. The Balaban J connectivity index is 2.16. The van der Waals surface area contributed by atoms with Crippen molar-refractivity contribution in [3.8, 4) is 0 Å². The fraction of sp³-hybridized carbons (Fsp3) is 0.667. The van der Waals surface area contributed by atoms with Crippen LogP contribution in [0.5, 0.6) is 0 Å². The molecule has 6 heteroatoms. The first-order valence-corrected chi connectivity index (χ1v) is 5.65. The van der Waals surface area contributed by atoms with E-state index in [-0.39, 0.29) is 5.92 Å². The summed E-state index contributed by atoms with van der Waals surface area (Å²) in [5.74, 6) is 0.178. The highest BCUT2D eigenvalue weighted by Crippen LogP contribution is 2.49. The van der Waals surface area contributed by atoms with Gasteiger partial charge in [-0.3, -0.25) is 9.89 Å². The number of nitrogens with zero attached hydrogens (tertiary/aromatic N) is 2. The van der Waals surface area contributed by atoms with Gasteiger partial charge in [-0.25, -0.2) is 4.98 Å². The van der Waals surface area contributed by atoms with Gasteiger partial charge in [0.1, 0.15) is 10.6 Å². The second kappa shape index (κ2) is 3.52. The molecule has 2 rings (SSSR count). The Morgan fingerprint density at radius 2 is 2.33 bits per heavy atom. The molecular weight excluding hydrogens is 214 g/mol. The van der Waals surface area contributed by atoms with E-state index >= 15 is 0 Å². The number of aliphatic carboxylic acids is 1. The quantitative estimate of drug-likeness (QED) is 0.761. The van der Waals surface area contributed by atoms with Gasteiger partial charge in [-0.2, -0.15) is 0 Å². The summed E-state index contributed by atoms with van der Waals surface area (Å²) in [6.45, 7) is 3.55. The summed E-state index contributed by atoms with van der Waals surface area (Å²) in [7, 11) is 0. The van der Waals surface area contributed by atoms with E-state index in [1.165, 1.54) is 11.8 Å². The van der Waals surface area contributed by atoms with Crippen LogP contribution in [0.25, 0.3) is 0 Å². The first-order chi connectivity index (χ1) is 7.02. The van der Waals surface area contributed by atoms with Gasteiger partial charge in [0.2, 0.25) is 5.16 Å². The van der Waals surface area contributed by atoms with Crippen molar-refractivity contribution in [3.63, 3.8) is 0 Å². The van der Waals surface area contributed by atoms with E-state index in [2.05, 4.69) is 15.2 Å². The zero-order chi connectivity index (χ0) is 11.1. The van der Waals surface area contributed by atoms with Crippen LogP contribution >= 0.6 is 11.8 Å². The van der Waals surface area contributed by atoms with Crippen molar-refractivity contribution in [2.75, 3.05) is 0 Å². The Bertz CT molecular complexity index is 388. The molecule has 82 valence electrons. The number of H-pyrrole nitrogens is 1. The molecule has 0 spiro atoms. The monoisotopic (exact) mass is 227 g/mol.